The van der Waals surface area contributed by atoms with E-state index in [2.05, 4.69) is 17.1 Å². The van der Waals surface area contributed by atoms with Crippen molar-refractivity contribution in [3.63, 3.8) is 0 Å². The number of piperazine rings is 1. The number of hydrogen-bond donors (Lipinski definition) is 3. The average Bonchev–Trinajstić information content (AvgIpc) is 2.84. The highest BCUT2D eigenvalue weighted by Crippen LogP contribution is 2.36. The molecule has 2 heterocycles. The molecule has 1 aliphatic carbocycles. The van der Waals surface area contributed by atoms with Crippen LogP contribution in [0.4, 0.5) is 0 Å². The second-order valence-corrected chi connectivity index (χ2v) is 10.2. The van der Waals surface area contributed by atoms with E-state index in [-0.39, 0.29) is 35.9 Å². The number of carbonyl (C=O) groups excluding carboxylic acids is 2. The zero-order valence-electron chi connectivity index (χ0n) is 20.2. The molecule has 8 heteroatoms. The summed E-state index contributed by atoms with van der Waals surface area (Å²) in [5.41, 5.74) is 0.298. The van der Waals surface area contributed by atoms with Crippen molar-refractivity contribution in [3.05, 3.63) is 29.8 Å². The molecule has 7 nitrogen and oxygen atoms in total. The summed E-state index contributed by atoms with van der Waals surface area (Å²) < 4.78 is 0. The van der Waals surface area contributed by atoms with Crippen molar-refractivity contribution in [1.29, 1.82) is 0 Å². The minimum atomic E-state index is -0.821. The normalized spacial score (nSPS) is 24.5. The summed E-state index contributed by atoms with van der Waals surface area (Å²) in [6.07, 6.45) is 7.37. The zero-order chi connectivity index (χ0) is 23.4. The minimum Gasteiger partial charge on any atom is -0.508 e. The molecule has 2 aliphatic heterocycles. The van der Waals surface area contributed by atoms with Crippen molar-refractivity contribution in [1.82, 2.24) is 15.1 Å². The van der Waals surface area contributed by atoms with E-state index >= 15 is 0 Å². The first-order valence-corrected chi connectivity index (χ1v) is 12.8. The fourth-order valence-electron chi connectivity index (χ4n) is 5.90. The van der Waals surface area contributed by atoms with Crippen molar-refractivity contribution >= 4 is 24.2 Å². The maximum atomic E-state index is 13.7. The fourth-order valence-corrected chi connectivity index (χ4v) is 5.90. The number of nitrogens with one attached hydrogen (secondary N) is 1. The van der Waals surface area contributed by atoms with Gasteiger partial charge in [-0.3, -0.25) is 14.5 Å². The Kier molecular flexibility index (Phi) is 9.24. The standard InChI is InChI=1S/C26H39N3O4.ClH/c1-2-3-15-29-24(32)22(23(31)20-7-5-4-6-8-20)27-25(33)26(29)13-16-28(17-14-26)18-19-9-11-21(30)12-10-19;/h9-12,20,22-23,30-31H,2-8,13-18H2,1H3,(H,27,33);1H/t22-,23-;/m1./s1. The Morgan fingerprint density at radius 1 is 1.09 bits per heavy atom. The van der Waals surface area contributed by atoms with E-state index in [0.717, 1.165) is 63.7 Å². The monoisotopic (exact) mass is 493 g/mol. The van der Waals surface area contributed by atoms with Gasteiger partial charge in [0.05, 0.1) is 6.10 Å². The Hall–Kier alpha value is -1.83. The number of benzene rings is 1. The lowest BCUT2D eigenvalue weighted by Crippen LogP contribution is -2.75. The molecule has 3 fully saturated rings. The molecule has 1 saturated carbocycles. The van der Waals surface area contributed by atoms with E-state index in [9.17, 15) is 19.8 Å². The summed E-state index contributed by atoms with van der Waals surface area (Å²) in [4.78, 5) is 31.3. The van der Waals surface area contributed by atoms with Crippen molar-refractivity contribution < 1.29 is 19.8 Å². The molecular formula is C26H40ClN3O4. The summed E-state index contributed by atoms with van der Waals surface area (Å²) in [5, 5.41) is 23.5. The van der Waals surface area contributed by atoms with Crippen LogP contribution in [0.25, 0.3) is 0 Å². The predicted octanol–water partition coefficient (Wildman–Crippen LogP) is 3.22. The maximum absolute atomic E-state index is 13.7. The molecular weight excluding hydrogens is 454 g/mol. The first kappa shape index (κ1) is 26.8. The summed E-state index contributed by atoms with van der Waals surface area (Å²) >= 11 is 0. The number of aromatic hydroxyl groups is 1. The molecule has 1 aromatic rings. The van der Waals surface area contributed by atoms with Gasteiger partial charge in [-0.25, -0.2) is 0 Å². The van der Waals surface area contributed by atoms with Crippen LogP contribution in [0.15, 0.2) is 24.3 Å². The largest absolute Gasteiger partial charge is 0.508 e. The average molecular weight is 494 g/mol. The highest BCUT2D eigenvalue weighted by atomic mass is 35.5. The molecule has 0 bridgehead atoms. The van der Waals surface area contributed by atoms with Gasteiger partial charge in [0.2, 0.25) is 11.8 Å². The predicted molar refractivity (Wildman–Crippen MR) is 134 cm³/mol. The maximum Gasteiger partial charge on any atom is 0.248 e. The van der Waals surface area contributed by atoms with Crippen LogP contribution in [0.1, 0.15) is 70.3 Å². The van der Waals surface area contributed by atoms with Gasteiger partial charge in [0.1, 0.15) is 17.3 Å². The second-order valence-electron chi connectivity index (χ2n) is 10.2. The molecule has 1 aromatic carbocycles. The number of phenols is 1. The van der Waals surface area contributed by atoms with E-state index in [1.54, 1.807) is 12.1 Å². The number of aliphatic hydroxyl groups is 1. The number of unbranched alkanes of at least 4 members (excludes halogenated alkanes) is 1. The highest BCUT2D eigenvalue weighted by molar-refractivity contribution is 6.00. The van der Waals surface area contributed by atoms with Crippen LogP contribution in [-0.2, 0) is 16.1 Å². The van der Waals surface area contributed by atoms with Crippen molar-refractivity contribution in [2.45, 2.75) is 88.9 Å². The van der Waals surface area contributed by atoms with Crippen molar-refractivity contribution in [3.8, 4) is 5.75 Å². The number of amides is 2. The summed E-state index contributed by atoms with van der Waals surface area (Å²) in [7, 11) is 0. The Balaban J connectivity index is 0.00000324. The molecule has 2 saturated heterocycles. The second kappa shape index (κ2) is 11.7. The molecule has 2 amide bonds. The van der Waals surface area contributed by atoms with E-state index in [1.807, 2.05) is 17.0 Å². The molecule has 3 aliphatic rings. The van der Waals surface area contributed by atoms with Crippen LogP contribution in [0.2, 0.25) is 0 Å². The molecule has 0 unspecified atom stereocenters. The summed E-state index contributed by atoms with van der Waals surface area (Å²) in [6, 6.07) is 6.40. The summed E-state index contributed by atoms with van der Waals surface area (Å²) in [6.45, 7) is 4.86. The lowest BCUT2D eigenvalue weighted by Gasteiger charge is -2.52. The number of halogens is 1. The third-order valence-electron chi connectivity index (χ3n) is 7.99. The van der Waals surface area contributed by atoms with Crippen molar-refractivity contribution in [2.75, 3.05) is 19.6 Å². The van der Waals surface area contributed by atoms with Gasteiger partial charge < -0.3 is 20.4 Å². The van der Waals surface area contributed by atoms with Gasteiger partial charge in [-0.05, 0) is 55.7 Å². The van der Waals surface area contributed by atoms with Gasteiger partial charge >= 0.3 is 0 Å². The first-order valence-electron chi connectivity index (χ1n) is 12.8. The van der Waals surface area contributed by atoms with Gasteiger partial charge in [0.15, 0.2) is 0 Å². The van der Waals surface area contributed by atoms with E-state index in [4.69, 9.17) is 0 Å². The van der Waals surface area contributed by atoms with E-state index < -0.39 is 17.7 Å². The van der Waals surface area contributed by atoms with Crippen LogP contribution in [0.3, 0.4) is 0 Å². The third kappa shape index (κ3) is 5.52. The van der Waals surface area contributed by atoms with Gasteiger partial charge in [0.25, 0.3) is 0 Å². The SMILES string of the molecule is CCCCN1C(=O)[C@@H]([C@H](O)C2CCCCC2)NC(=O)C12CCN(Cc1ccc(O)cc1)CC2.Cl. The lowest BCUT2D eigenvalue weighted by molar-refractivity contribution is -0.166. The smallest absolute Gasteiger partial charge is 0.248 e. The molecule has 0 radical (unpaired) electrons. The lowest BCUT2D eigenvalue weighted by atomic mass is 9.78. The number of aliphatic hydroxyl groups excluding tert-OH is 1. The number of piperidine rings is 1. The third-order valence-corrected chi connectivity index (χ3v) is 7.99. The first-order chi connectivity index (χ1) is 15.9. The van der Waals surface area contributed by atoms with Crippen LogP contribution in [-0.4, -0.2) is 69.1 Å². The minimum absolute atomic E-state index is 0. The summed E-state index contributed by atoms with van der Waals surface area (Å²) in [5.74, 6) is 0.142. The molecule has 3 N–H and O–H groups in total. The molecule has 2 atom stereocenters. The number of rotatable bonds is 7. The Morgan fingerprint density at radius 2 is 1.74 bits per heavy atom. The number of likely N-dealkylation sites (tertiary alicyclic amines) is 1. The van der Waals surface area contributed by atoms with Gasteiger partial charge in [-0.1, -0.05) is 44.7 Å². The van der Waals surface area contributed by atoms with Crippen LogP contribution in [0.5, 0.6) is 5.75 Å². The molecule has 34 heavy (non-hydrogen) atoms. The van der Waals surface area contributed by atoms with Crippen LogP contribution >= 0.6 is 12.4 Å². The van der Waals surface area contributed by atoms with Crippen LogP contribution < -0.4 is 5.32 Å². The Bertz CT molecular complexity index is 820. The van der Waals surface area contributed by atoms with Gasteiger partial charge in [0, 0.05) is 26.2 Å². The van der Waals surface area contributed by atoms with Gasteiger partial charge in [-0.2, -0.15) is 0 Å². The quantitative estimate of drug-likeness (QED) is 0.542. The van der Waals surface area contributed by atoms with E-state index in [1.165, 1.54) is 6.42 Å². The molecule has 0 aromatic heterocycles. The molecule has 4 rings (SSSR count). The molecule has 190 valence electrons. The highest BCUT2D eigenvalue weighted by Gasteiger charge is 2.55. The van der Waals surface area contributed by atoms with Crippen LogP contribution in [0, 0.1) is 5.92 Å². The number of nitrogens with zero attached hydrogens (tertiary/aromatic N) is 2. The number of phenolic OH excluding ortho intramolecular Hbond substituents is 1. The molecule has 1 spiro atoms. The van der Waals surface area contributed by atoms with Gasteiger partial charge in [-0.15, -0.1) is 12.4 Å². The Morgan fingerprint density at radius 3 is 2.35 bits per heavy atom. The van der Waals surface area contributed by atoms with E-state index in [0.29, 0.717) is 19.4 Å². The fraction of sp³-hybridized carbons (Fsp3) is 0.692. The number of carbonyl (C=O) groups is 2. The number of hydrogen-bond acceptors (Lipinski definition) is 5. The Labute approximate surface area is 209 Å². The topological polar surface area (TPSA) is 93.1 Å². The van der Waals surface area contributed by atoms with Crippen molar-refractivity contribution in [2.24, 2.45) is 5.92 Å². The zero-order valence-corrected chi connectivity index (χ0v) is 21.1.